The number of cyclic esters (lactones) is 1. The lowest BCUT2D eigenvalue weighted by atomic mass is 10.0. The lowest BCUT2D eigenvalue weighted by Crippen LogP contribution is -2.18. The molecule has 0 aromatic carbocycles. The highest BCUT2D eigenvalue weighted by atomic mass is 16.5. The van der Waals surface area contributed by atoms with Gasteiger partial charge in [0.25, 0.3) is 0 Å². The first-order valence-electron chi connectivity index (χ1n) is 3.30. The van der Waals surface area contributed by atoms with Crippen molar-refractivity contribution in [1.82, 2.24) is 0 Å². The predicted molar refractivity (Wildman–Crippen MR) is 34.8 cm³/mol. The molecule has 0 spiro atoms. The maximum Gasteiger partial charge on any atom is 0.317 e. The second-order valence-corrected chi connectivity index (χ2v) is 2.53. The molecule has 60 valence electrons. The van der Waals surface area contributed by atoms with Gasteiger partial charge in [0.05, 0.1) is 0 Å². The highest BCUT2D eigenvalue weighted by Gasteiger charge is 2.35. The van der Waals surface area contributed by atoms with Crippen LogP contribution in [0.2, 0.25) is 0 Å². The molecule has 0 aromatic rings. The minimum atomic E-state index is -0.826. The summed E-state index contributed by atoms with van der Waals surface area (Å²) in [5.41, 5.74) is 0. The zero-order chi connectivity index (χ0) is 8.43. The van der Waals surface area contributed by atoms with Crippen molar-refractivity contribution in [3.8, 4) is 0 Å². The zero-order valence-corrected chi connectivity index (χ0v) is 6.12. The molecule has 11 heavy (non-hydrogen) atoms. The molecule has 1 rings (SSSR count). The standard InChI is InChI=1S/C7H8O4/c1-4(8)2-5-6(9)3-11-7(5)10/h5H,2-3H2,1H3/t5-/m0/s1. The Balaban J connectivity index is 2.62. The molecule has 0 bridgehead atoms. The summed E-state index contributed by atoms with van der Waals surface area (Å²) in [5.74, 6) is -1.84. The van der Waals surface area contributed by atoms with Gasteiger partial charge in [0.1, 0.15) is 11.7 Å². The normalized spacial score (nSPS) is 23.5. The molecule has 0 amide bonds. The minimum Gasteiger partial charge on any atom is -0.457 e. The van der Waals surface area contributed by atoms with Gasteiger partial charge < -0.3 is 4.74 Å². The van der Waals surface area contributed by atoms with Crippen molar-refractivity contribution < 1.29 is 19.1 Å². The molecular weight excluding hydrogens is 148 g/mol. The van der Waals surface area contributed by atoms with Crippen molar-refractivity contribution >= 4 is 17.5 Å². The van der Waals surface area contributed by atoms with Crippen molar-refractivity contribution in [2.75, 3.05) is 6.61 Å². The summed E-state index contributed by atoms with van der Waals surface area (Å²) in [6.07, 6.45) is -0.0162. The van der Waals surface area contributed by atoms with Crippen molar-refractivity contribution in [2.24, 2.45) is 5.92 Å². The molecule has 4 nitrogen and oxygen atoms in total. The minimum absolute atomic E-state index is 0.0162. The van der Waals surface area contributed by atoms with E-state index in [4.69, 9.17) is 0 Å². The molecule has 0 saturated carbocycles. The van der Waals surface area contributed by atoms with Crippen LogP contribution in [0.4, 0.5) is 0 Å². The van der Waals surface area contributed by atoms with Crippen LogP contribution in [-0.2, 0) is 19.1 Å². The first kappa shape index (κ1) is 7.91. The fourth-order valence-electron chi connectivity index (χ4n) is 0.960. The second kappa shape index (κ2) is 2.82. The summed E-state index contributed by atoms with van der Waals surface area (Å²) >= 11 is 0. The predicted octanol–water partition coefficient (Wildman–Crippen LogP) is -0.292. The number of Topliss-reactive ketones (excluding diaryl/α,β-unsaturated/α-hetero) is 2. The Morgan fingerprint density at radius 1 is 1.64 bits per heavy atom. The van der Waals surface area contributed by atoms with Gasteiger partial charge in [-0.15, -0.1) is 0 Å². The SMILES string of the molecule is CC(=O)C[C@H]1C(=O)COC1=O. The third-order valence-electron chi connectivity index (χ3n) is 1.52. The third kappa shape index (κ3) is 1.63. The molecule has 0 aliphatic carbocycles. The van der Waals surface area contributed by atoms with E-state index in [9.17, 15) is 14.4 Å². The van der Waals surface area contributed by atoms with Gasteiger partial charge in [-0.3, -0.25) is 14.4 Å². The number of hydrogen-bond donors (Lipinski definition) is 0. The Bertz CT molecular complexity index is 202. The van der Waals surface area contributed by atoms with Gasteiger partial charge in [0.2, 0.25) is 0 Å². The molecule has 0 aromatic heterocycles. The average molecular weight is 156 g/mol. The number of rotatable bonds is 2. The van der Waals surface area contributed by atoms with E-state index < -0.39 is 11.9 Å². The third-order valence-corrected chi connectivity index (χ3v) is 1.52. The first-order valence-corrected chi connectivity index (χ1v) is 3.30. The van der Waals surface area contributed by atoms with Crippen LogP contribution in [0.5, 0.6) is 0 Å². The summed E-state index contributed by atoms with van der Waals surface area (Å²) in [6.45, 7) is 1.18. The number of carbonyl (C=O) groups excluding carboxylic acids is 3. The first-order chi connectivity index (χ1) is 5.11. The van der Waals surface area contributed by atoms with Crippen LogP contribution < -0.4 is 0 Å². The second-order valence-electron chi connectivity index (χ2n) is 2.53. The van der Waals surface area contributed by atoms with Gasteiger partial charge >= 0.3 is 5.97 Å². The maximum atomic E-state index is 10.8. The molecule has 0 unspecified atom stereocenters. The average Bonchev–Trinajstić information content (AvgIpc) is 2.18. The molecule has 4 heteroatoms. The number of ether oxygens (including phenoxy) is 1. The molecule has 1 aliphatic rings. The molecule has 1 atom stereocenters. The fourth-order valence-corrected chi connectivity index (χ4v) is 0.960. The summed E-state index contributed by atoms with van der Waals surface area (Å²) < 4.78 is 4.44. The quantitative estimate of drug-likeness (QED) is 0.407. The Morgan fingerprint density at radius 2 is 2.27 bits per heavy atom. The van der Waals surface area contributed by atoms with Gasteiger partial charge in [-0.25, -0.2) is 0 Å². The van der Waals surface area contributed by atoms with Gasteiger partial charge in [-0.1, -0.05) is 0 Å². The molecule has 1 fully saturated rings. The Labute approximate surface area is 63.5 Å². The Hall–Kier alpha value is -1.19. The van der Waals surface area contributed by atoms with E-state index in [1.165, 1.54) is 6.92 Å². The van der Waals surface area contributed by atoms with Crippen molar-refractivity contribution in [3.63, 3.8) is 0 Å². The van der Waals surface area contributed by atoms with Crippen LogP contribution in [0.3, 0.4) is 0 Å². The molecule has 1 saturated heterocycles. The van der Waals surface area contributed by atoms with Crippen LogP contribution in [0.25, 0.3) is 0 Å². The van der Waals surface area contributed by atoms with Gasteiger partial charge in [-0.05, 0) is 6.92 Å². The lowest BCUT2D eigenvalue weighted by Gasteiger charge is -1.97. The van der Waals surface area contributed by atoms with Gasteiger partial charge in [-0.2, -0.15) is 0 Å². The number of esters is 1. The van der Waals surface area contributed by atoms with Gasteiger partial charge in [0, 0.05) is 6.42 Å². The van der Waals surface area contributed by atoms with Crippen molar-refractivity contribution in [2.45, 2.75) is 13.3 Å². The lowest BCUT2D eigenvalue weighted by molar-refractivity contribution is -0.142. The molecule has 1 aliphatic heterocycles. The van der Waals surface area contributed by atoms with Crippen LogP contribution >= 0.6 is 0 Å². The monoisotopic (exact) mass is 156 g/mol. The van der Waals surface area contributed by atoms with Crippen molar-refractivity contribution in [3.05, 3.63) is 0 Å². The number of hydrogen-bond acceptors (Lipinski definition) is 4. The molecule has 0 radical (unpaired) electrons. The van der Waals surface area contributed by atoms with Crippen LogP contribution in [0.15, 0.2) is 0 Å². The molecule has 1 heterocycles. The summed E-state index contributed by atoms with van der Waals surface area (Å²) in [4.78, 5) is 32.1. The summed E-state index contributed by atoms with van der Waals surface area (Å²) in [5, 5.41) is 0. The highest BCUT2D eigenvalue weighted by molar-refractivity contribution is 6.06. The van der Waals surface area contributed by atoms with E-state index in [1.54, 1.807) is 0 Å². The number of carbonyl (C=O) groups is 3. The van der Waals surface area contributed by atoms with E-state index in [-0.39, 0.29) is 24.6 Å². The van der Waals surface area contributed by atoms with E-state index in [0.29, 0.717) is 0 Å². The van der Waals surface area contributed by atoms with E-state index in [2.05, 4.69) is 4.74 Å². The largest absolute Gasteiger partial charge is 0.457 e. The maximum absolute atomic E-state index is 10.8. The summed E-state index contributed by atoms with van der Waals surface area (Å²) in [6, 6.07) is 0. The van der Waals surface area contributed by atoms with E-state index >= 15 is 0 Å². The highest BCUT2D eigenvalue weighted by Crippen LogP contribution is 2.14. The number of ketones is 2. The fraction of sp³-hybridized carbons (Fsp3) is 0.571. The van der Waals surface area contributed by atoms with E-state index in [1.807, 2.05) is 0 Å². The zero-order valence-electron chi connectivity index (χ0n) is 6.12. The summed E-state index contributed by atoms with van der Waals surface area (Å²) in [7, 11) is 0. The molecule has 0 N–H and O–H groups in total. The van der Waals surface area contributed by atoms with Crippen LogP contribution in [0.1, 0.15) is 13.3 Å². The Kier molecular flexibility index (Phi) is 2.03. The smallest absolute Gasteiger partial charge is 0.317 e. The topological polar surface area (TPSA) is 60.4 Å². The Morgan fingerprint density at radius 3 is 2.64 bits per heavy atom. The van der Waals surface area contributed by atoms with Crippen LogP contribution in [0, 0.1) is 5.92 Å². The van der Waals surface area contributed by atoms with E-state index in [0.717, 1.165) is 0 Å². The van der Waals surface area contributed by atoms with Crippen molar-refractivity contribution in [1.29, 1.82) is 0 Å². The molecular formula is C7H8O4. The van der Waals surface area contributed by atoms with Crippen LogP contribution in [-0.4, -0.2) is 24.1 Å². The van der Waals surface area contributed by atoms with Gasteiger partial charge in [0.15, 0.2) is 12.4 Å².